The highest BCUT2D eigenvalue weighted by Crippen LogP contribution is 2.43. The van der Waals surface area contributed by atoms with Gasteiger partial charge in [0.05, 0.1) is 24.6 Å². The maximum Gasteiger partial charge on any atom is 0.165 e. The molecule has 1 aliphatic carbocycles. The Kier molecular flexibility index (Phi) is 7.09. The third-order valence-corrected chi connectivity index (χ3v) is 7.09. The van der Waals surface area contributed by atoms with E-state index in [1.807, 2.05) is 24.3 Å². The summed E-state index contributed by atoms with van der Waals surface area (Å²) in [6.07, 6.45) is 1.69. The number of aliphatic hydroxyl groups is 2. The smallest absolute Gasteiger partial charge is 0.165 e. The number of ether oxygens (including phenoxy) is 3. The Bertz CT molecular complexity index is 1160. The second-order valence-corrected chi connectivity index (χ2v) is 9.68. The monoisotopic (exact) mass is 494 g/mol. The molecular weight excluding hydrogens is 463 g/mol. The first-order valence-corrected chi connectivity index (χ1v) is 12.2. The average Bonchev–Trinajstić information content (AvgIpc) is 3.34. The van der Waals surface area contributed by atoms with Gasteiger partial charge in [-0.2, -0.15) is 0 Å². The fourth-order valence-corrected chi connectivity index (χ4v) is 5.23. The van der Waals surface area contributed by atoms with Gasteiger partial charge in [-0.15, -0.1) is 0 Å². The summed E-state index contributed by atoms with van der Waals surface area (Å²) in [4.78, 5) is 6.44. The van der Waals surface area contributed by atoms with E-state index in [2.05, 4.69) is 9.88 Å². The zero-order chi connectivity index (χ0) is 25.1. The number of pyridine rings is 1. The van der Waals surface area contributed by atoms with Crippen LogP contribution in [-0.4, -0.2) is 58.5 Å². The van der Waals surface area contributed by atoms with Crippen LogP contribution < -0.4 is 14.2 Å². The van der Waals surface area contributed by atoms with Crippen molar-refractivity contribution in [1.82, 2.24) is 9.88 Å². The van der Waals surface area contributed by atoms with Gasteiger partial charge in [-0.25, -0.2) is 4.39 Å². The number of rotatable bonds is 9. The zero-order valence-corrected chi connectivity index (χ0v) is 20.2. The van der Waals surface area contributed by atoms with Crippen LogP contribution in [0.15, 0.2) is 66.9 Å². The van der Waals surface area contributed by atoms with Crippen molar-refractivity contribution in [3.8, 4) is 17.2 Å². The number of aromatic nitrogens is 1. The van der Waals surface area contributed by atoms with Crippen molar-refractivity contribution in [3.05, 3.63) is 83.9 Å². The van der Waals surface area contributed by atoms with Crippen LogP contribution >= 0.6 is 0 Å². The molecule has 0 bridgehead atoms. The van der Waals surface area contributed by atoms with Crippen molar-refractivity contribution in [2.75, 3.05) is 26.7 Å². The van der Waals surface area contributed by atoms with E-state index in [-0.39, 0.29) is 17.8 Å². The highest BCUT2D eigenvalue weighted by atomic mass is 19.1. The number of β-amino-alcohol motifs (C(OH)–C–C–N with tert-alkyl or cyclic N) is 2. The predicted octanol–water partition coefficient (Wildman–Crippen LogP) is 3.75. The molecule has 3 aromatic rings. The van der Waals surface area contributed by atoms with E-state index in [1.165, 1.54) is 6.07 Å². The van der Waals surface area contributed by atoms with Crippen molar-refractivity contribution in [3.63, 3.8) is 0 Å². The largest absolute Gasteiger partial charge is 0.497 e. The molecule has 2 fully saturated rings. The molecule has 2 N–H and O–H groups in total. The number of fused-ring (bicyclic) bond motifs is 1. The lowest BCUT2D eigenvalue weighted by atomic mass is 9.95. The summed E-state index contributed by atoms with van der Waals surface area (Å²) in [5, 5.41) is 21.9. The summed E-state index contributed by atoms with van der Waals surface area (Å²) in [7, 11) is 1.63. The van der Waals surface area contributed by atoms with Crippen LogP contribution in [-0.2, 0) is 6.61 Å². The number of hydrogen-bond donors (Lipinski definition) is 2. The Morgan fingerprint density at radius 1 is 1.11 bits per heavy atom. The van der Waals surface area contributed by atoms with Gasteiger partial charge in [0.25, 0.3) is 0 Å². The number of aliphatic hydroxyl groups excluding tert-OH is 1. The maximum atomic E-state index is 13.9. The lowest BCUT2D eigenvalue weighted by molar-refractivity contribution is 0.0174. The molecule has 7 nitrogen and oxygen atoms in total. The lowest BCUT2D eigenvalue weighted by Gasteiger charge is -2.24. The number of nitrogens with zero attached hydrogens (tertiary/aromatic N) is 2. The molecule has 4 atom stereocenters. The summed E-state index contributed by atoms with van der Waals surface area (Å²) in [6, 6.07) is 17.6. The minimum absolute atomic E-state index is 0.0168. The minimum Gasteiger partial charge on any atom is -0.497 e. The van der Waals surface area contributed by atoms with E-state index in [1.54, 1.807) is 43.6 Å². The second-order valence-electron chi connectivity index (χ2n) is 9.68. The standard InChI is InChI=1S/C28H31FN2O5/c1-34-21-8-6-19(7-9-21)17-35-22-10-11-25(30-14-22)26(32)16-31-15-20-12-23(13-28(20,33)18-31)36-27-5-3-2-4-24(27)29/h2-11,14,20,23,26,32-33H,12-13,15-18H2,1H3/t20-,23+,26?,28-/m1/s1. The van der Waals surface area contributed by atoms with Gasteiger partial charge in [0.1, 0.15) is 30.3 Å². The van der Waals surface area contributed by atoms with E-state index in [9.17, 15) is 14.6 Å². The number of benzene rings is 2. The van der Waals surface area contributed by atoms with Gasteiger partial charge in [0.15, 0.2) is 11.6 Å². The van der Waals surface area contributed by atoms with Crippen LogP contribution in [0.3, 0.4) is 0 Å². The highest BCUT2D eigenvalue weighted by Gasteiger charge is 2.53. The number of para-hydroxylation sites is 1. The molecule has 1 saturated carbocycles. The minimum atomic E-state index is -0.901. The number of halogens is 1. The lowest BCUT2D eigenvalue weighted by Crippen LogP contribution is -2.36. The SMILES string of the molecule is COc1ccc(COc2ccc(C(O)CN3C[C@H]4C[C@H](Oc5ccccc5F)C[C@@]4(O)C3)nc2)cc1. The van der Waals surface area contributed by atoms with E-state index in [0.717, 1.165) is 11.3 Å². The van der Waals surface area contributed by atoms with E-state index in [0.29, 0.717) is 50.5 Å². The van der Waals surface area contributed by atoms with Crippen LogP contribution in [0.4, 0.5) is 4.39 Å². The van der Waals surface area contributed by atoms with E-state index >= 15 is 0 Å². The molecule has 190 valence electrons. The van der Waals surface area contributed by atoms with Crippen molar-refractivity contribution in [1.29, 1.82) is 0 Å². The number of hydrogen-bond acceptors (Lipinski definition) is 7. The predicted molar refractivity (Wildman–Crippen MR) is 131 cm³/mol. The third kappa shape index (κ3) is 5.46. The molecule has 2 aliphatic rings. The first-order valence-electron chi connectivity index (χ1n) is 12.2. The van der Waals surface area contributed by atoms with Gasteiger partial charge in [0, 0.05) is 32.0 Å². The van der Waals surface area contributed by atoms with Crippen molar-refractivity contribution in [2.45, 2.75) is 37.3 Å². The van der Waals surface area contributed by atoms with Crippen LogP contribution in [0.1, 0.15) is 30.2 Å². The van der Waals surface area contributed by atoms with E-state index < -0.39 is 17.5 Å². The molecule has 0 radical (unpaired) electrons. The van der Waals surface area contributed by atoms with Crippen LogP contribution in [0, 0.1) is 11.7 Å². The quantitative estimate of drug-likeness (QED) is 0.469. The fourth-order valence-electron chi connectivity index (χ4n) is 5.23. The molecule has 8 heteroatoms. The zero-order valence-electron chi connectivity index (χ0n) is 20.2. The topological polar surface area (TPSA) is 84.3 Å². The third-order valence-electron chi connectivity index (χ3n) is 7.09. The van der Waals surface area contributed by atoms with Gasteiger partial charge in [-0.3, -0.25) is 9.88 Å². The van der Waals surface area contributed by atoms with Gasteiger partial charge in [-0.1, -0.05) is 24.3 Å². The molecule has 1 aromatic heterocycles. The van der Waals surface area contributed by atoms with Gasteiger partial charge in [0.2, 0.25) is 0 Å². The first kappa shape index (κ1) is 24.5. The first-order chi connectivity index (χ1) is 17.4. The Hall–Kier alpha value is -3.20. The van der Waals surface area contributed by atoms with Gasteiger partial charge < -0.3 is 24.4 Å². The summed E-state index contributed by atoms with van der Waals surface area (Å²) in [5.41, 5.74) is 0.665. The molecule has 2 heterocycles. The van der Waals surface area contributed by atoms with E-state index in [4.69, 9.17) is 14.2 Å². The molecule has 1 unspecified atom stereocenters. The molecule has 0 spiro atoms. The molecule has 1 aliphatic heterocycles. The summed E-state index contributed by atoms with van der Waals surface area (Å²) in [6.45, 7) is 1.86. The Morgan fingerprint density at radius 3 is 2.58 bits per heavy atom. The van der Waals surface area contributed by atoms with Crippen LogP contribution in [0.5, 0.6) is 17.2 Å². The van der Waals surface area contributed by atoms with Crippen molar-refractivity contribution in [2.24, 2.45) is 5.92 Å². The van der Waals surface area contributed by atoms with Crippen LogP contribution in [0.2, 0.25) is 0 Å². The maximum absolute atomic E-state index is 13.9. The fraction of sp³-hybridized carbons (Fsp3) is 0.393. The molecule has 5 rings (SSSR count). The normalized spacial score (nSPS) is 24.3. The summed E-state index contributed by atoms with van der Waals surface area (Å²) >= 11 is 0. The summed E-state index contributed by atoms with van der Waals surface area (Å²) < 4.78 is 30.7. The highest BCUT2D eigenvalue weighted by molar-refractivity contribution is 5.28. The average molecular weight is 495 g/mol. The summed E-state index contributed by atoms with van der Waals surface area (Å²) in [5.74, 6) is 1.26. The van der Waals surface area contributed by atoms with Crippen molar-refractivity contribution < 1.29 is 28.8 Å². The molecule has 36 heavy (non-hydrogen) atoms. The Morgan fingerprint density at radius 2 is 1.89 bits per heavy atom. The second kappa shape index (κ2) is 10.4. The molecule has 1 saturated heterocycles. The number of likely N-dealkylation sites (tertiary alicyclic amines) is 1. The number of methoxy groups -OCH3 is 1. The van der Waals surface area contributed by atoms with Crippen LogP contribution in [0.25, 0.3) is 0 Å². The van der Waals surface area contributed by atoms with Gasteiger partial charge in [-0.05, 0) is 48.4 Å². The molecular formula is C28H31FN2O5. The molecule has 0 amide bonds. The molecule has 2 aromatic carbocycles. The van der Waals surface area contributed by atoms with Crippen molar-refractivity contribution >= 4 is 0 Å². The Labute approximate surface area is 210 Å². The Balaban J connectivity index is 1.10. The van der Waals surface area contributed by atoms with Gasteiger partial charge >= 0.3 is 0 Å².